The first-order valence-electron chi connectivity index (χ1n) is 11.7. The van der Waals surface area contributed by atoms with E-state index in [0.717, 1.165) is 43.7 Å². The van der Waals surface area contributed by atoms with E-state index in [9.17, 15) is 19.1 Å². The summed E-state index contributed by atoms with van der Waals surface area (Å²) in [6, 6.07) is 7.08. The second-order valence-electron chi connectivity index (χ2n) is 9.16. The largest absolute Gasteiger partial charge is 0.477 e. The predicted molar refractivity (Wildman–Crippen MR) is 132 cm³/mol. The van der Waals surface area contributed by atoms with E-state index in [4.69, 9.17) is 11.6 Å². The number of aliphatic imine (C=N–C) groups is 1. The molecular formula is C26H24ClF2N3O3. The Balaban J connectivity index is 1.54. The maximum absolute atomic E-state index is 15.5. The molecule has 5 rings (SSSR count). The van der Waals surface area contributed by atoms with Gasteiger partial charge in [-0.25, -0.2) is 13.6 Å². The fraction of sp³-hybridized carbons (Fsp3) is 0.346. The zero-order chi connectivity index (χ0) is 24.7. The van der Waals surface area contributed by atoms with E-state index in [1.165, 1.54) is 18.3 Å². The van der Waals surface area contributed by atoms with Crippen LogP contribution in [0, 0.1) is 11.6 Å². The van der Waals surface area contributed by atoms with Gasteiger partial charge in [-0.1, -0.05) is 23.7 Å². The summed E-state index contributed by atoms with van der Waals surface area (Å²) in [5.41, 5.74) is 0.225. The molecule has 6 nitrogen and oxygen atoms in total. The van der Waals surface area contributed by atoms with Crippen LogP contribution < -0.4 is 10.3 Å². The normalized spacial score (nSPS) is 18.8. The number of hydrogen-bond acceptors (Lipinski definition) is 4. The first-order valence-corrected chi connectivity index (χ1v) is 12.0. The average Bonchev–Trinajstić information content (AvgIpc) is 3.67. The van der Waals surface area contributed by atoms with Crippen LogP contribution >= 0.6 is 11.6 Å². The maximum Gasteiger partial charge on any atom is 0.341 e. The van der Waals surface area contributed by atoms with E-state index in [2.05, 4.69) is 4.99 Å². The predicted octanol–water partition coefficient (Wildman–Crippen LogP) is 5.44. The summed E-state index contributed by atoms with van der Waals surface area (Å²) >= 11 is 6.79. The van der Waals surface area contributed by atoms with E-state index >= 15 is 4.39 Å². The fourth-order valence-electron chi connectivity index (χ4n) is 4.70. The number of fused-ring (bicyclic) bond motifs is 1. The minimum absolute atomic E-state index is 0.0243. The second kappa shape index (κ2) is 9.41. The summed E-state index contributed by atoms with van der Waals surface area (Å²) < 4.78 is 30.4. The lowest BCUT2D eigenvalue weighted by molar-refractivity contribution is 0.0695. The lowest BCUT2D eigenvalue weighted by Gasteiger charge is -2.27. The van der Waals surface area contributed by atoms with E-state index in [1.54, 1.807) is 22.9 Å². The monoisotopic (exact) mass is 499 g/mol. The summed E-state index contributed by atoms with van der Waals surface area (Å²) in [6.07, 6.45) is 7.25. The van der Waals surface area contributed by atoms with Gasteiger partial charge in [0.2, 0.25) is 5.43 Å². The Labute approximate surface area is 205 Å². The van der Waals surface area contributed by atoms with E-state index in [0.29, 0.717) is 18.6 Å². The number of carboxylic acid groups (broad SMARTS) is 1. The van der Waals surface area contributed by atoms with Gasteiger partial charge in [-0.3, -0.25) is 9.79 Å². The first-order chi connectivity index (χ1) is 16.8. The zero-order valence-electron chi connectivity index (χ0n) is 18.9. The van der Waals surface area contributed by atoms with Crippen LogP contribution in [0.2, 0.25) is 5.02 Å². The van der Waals surface area contributed by atoms with Crippen molar-refractivity contribution in [2.24, 2.45) is 4.99 Å². The summed E-state index contributed by atoms with van der Waals surface area (Å²) in [4.78, 5) is 31.0. The van der Waals surface area contributed by atoms with Crippen LogP contribution in [0.25, 0.3) is 10.9 Å². The minimum atomic E-state index is -1.35. The van der Waals surface area contributed by atoms with E-state index in [-0.39, 0.29) is 34.0 Å². The third-order valence-electron chi connectivity index (χ3n) is 6.62. The summed E-state index contributed by atoms with van der Waals surface area (Å²) in [7, 11) is 0. The third-order valence-corrected chi connectivity index (χ3v) is 6.98. The van der Waals surface area contributed by atoms with Gasteiger partial charge in [-0.2, -0.15) is 0 Å². The number of aromatic carboxylic acids is 1. The van der Waals surface area contributed by atoms with Crippen LogP contribution in [0.1, 0.15) is 54.1 Å². The van der Waals surface area contributed by atoms with Crippen LogP contribution in [-0.4, -0.2) is 41.0 Å². The van der Waals surface area contributed by atoms with Gasteiger partial charge < -0.3 is 14.6 Å². The van der Waals surface area contributed by atoms with Crippen molar-refractivity contribution in [2.45, 2.75) is 44.2 Å². The number of carbonyl (C=O) groups is 1. The Morgan fingerprint density at radius 2 is 1.89 bits per heavy atom. The number of rotatable bonds is 5. The molecule has 0 bridgehead atoms. The molecule has 1 saturated carbocycles. The number of nitrogens with zero attached hydrogens (tertiary/aromatic N) is 3. The van der Waals surface area contributed by atoms with Crippen LogP contribution in [0.5, 0.6) is 0 Å². The Morgan fingerprint density at radius 1 is 1.14 bits per heavy atom. The Hall–Kier alpha value is -3.26. The fourth-order valence-corrected chi connectivity index (χ4v) is 5.11. The van der Waals surface area contributed by atoms with Gasteiger partial charge in [0.25, 0.3) is 0 Å². The van der Waals surface area contributed by atoms with E-state index < -0.39 is 22.8 Å². The molecule has 2 aromatic carbocycles. The molecule has 0 spiro atoms. The maximum atomic E-state index is 15.5. The number of aromatic nitrogens is 1. The van der Waals surface area contributed by atoms with Crippen molar-refractivity contribution in [3.8, 4) is 0 Å². The van der Waals surface area contributed by atoms with Crippen molar-refractivity contribution in [1.82, 2.24) is 4.57 Å². The average molecular weight is 500 g/mol. The van der Waals surface area contributed by atoms with Gasteiger partial charge in [0.15, 0.2) is 0 Å². The summed E-state index contributed by atoms with van der Waals surface area (Å²) in [6.45, 7) is 1.01. The van der Waals surface area contributed by atoms with Crippen molar-refractivity contribution in [1.29, 1.82) is 0 Å². The van der Waals surface area contributed by atoms with Crippen molar-refractivity contribution >= 4 is 40.4 Å². The van der Waals surface area contributed by atoms with Gasteiger partial charge in [-0.05, 0) is 55.9 Å². The molecular weight excluding hydrogens is 476 g/mol. The molecule has 182 valence electrons. The Kier molecular flexibility index (Phi) is 6.32. The molecule has 1 saturated heterocycles. The molecule has 3 aromatic rings. The smallest absolute Gasteiger partial charge is 0.341 e. The molecule has 1 aliphatic carbocycles. The van der Waals surface area contributed by atoms with Crippen LogP contribution in [0.15, 0.2) is 46.3 Å². The number of halogens is 3. The van der Waals surface area contributed by atoms with Crippen LogP contribution in [0.4, 0.5) is 14.5 Å². The topological polar surface area (TPSA) is 74.9 Å². The summed E-state index contributed by atoms with van der Waals surface area (Å²) in [5, 5.41) is 9.57. The lowest BCUT2D eigenvalue weighted by atomic mass is 10.1. The summed E-state index contributed by atoms with van der Waals surface area (Å²) in [5.74, 6) is -2.32. The number of anilines is 1. The highest BCUT2D eigenvalue weighted by atomic mass is 35.5. The SMILES string of the molecule is O=C(O)c1cn(C2CC2)c2c(Cl)c(N3CCCC[C@@H](/N=C/c4ccc(F)cc4)C3)c(F)cc2c1=O. The standard InChI is InChI=1S/C26H24ClF2N3O3/c27-22-23-19(25(33)20(26(34)35)14-32(23)18-8-9-18)11-21(29)24(22)31-10-2-1-3-17(13-31)30-12-15-4-6-16(28)7-5-15/h4-7,11-12,14,17-18H,1-3,8-10,13H2,(H,34,35)/b30-12+/t17-/m1/s1. The van der Waals surface area contributed by atoms with Crippen LogP contribution in [0.3, 0.4) is 0 Å². The molecule has 2 fully saturated rings. The highest BCUT2D eigenvalue weighted by molar-refractivity contribution is 6.38. The highest BCUT2D eigenvalue weighted by Crippen LogP contribution is 2.42. The van der Waals surface area contributed by atoms with E-state index in [1.807, 2.05) is 4.90 Å². The second-order valence-corrected chi connectivity index (χ2v) is 9.54. The molecule has 2 aliphatic rings. The molecule has 1 N–H and O–H groups in total. The first kappa shape index (κ1) is 23.5. The Morgan fingerprint density at radius 3 is 2.57 bits per heavy atom. The quantitative estimate of drug-likeness (QED) is 0.474. The molecule has 0 amide bonds. The molecule has 1 aromatic heterocycles. The molecule has 9 heteroatoms. The van der Waals surface area contributed by atoms with Crippen molar-refractivity contribution < 1.29 is 18.7 Å². The van der Waals surface area contributed by atoms with Gasteiger partial charge >= 0.3 is 5.97 Å². The van der Waals surface area contributed by atoms with Crippen LogP contribution in [-0.2, 0) is 0 Å². The molecule has 2 heterocycles. The van der Waals surface area contributed by atoms with Crippen molar-refractivity contribution in [3.05, 3.63) is 74.5 Å². The number of hydrogen-bond donors (Lipinski definition) is 1. The molecule has 0 unspecified atom stereocenters. The molecule has 1 atom stereocenters. The Bertz CT molecular complexity index is 1380. The minimum Gasteiger partial charge on any atom is -0.477 e. The van der Waals surface area contributed by atoms with Crippen molar-refractivity contribution in [2.75, 3.05) is 18.0 Å². The van der Waals surface area contributed by atoms with Gasteiger partial charge in [-0.15, -0.1) is 0 Å². The van der Waals surface area contributed by atoms with Crippen molar-refractivity contribution in [3.63, 3.8) is 0 Å². The molecule has 0 radical (unpaired) electrons. The zero-order valence-corrected chi connectivity index (χ0v) is 19.6. The molecule has 1 aliphatic heterocycles. The van der Waals surface area contributed by atoms with Gasteiger partial charge in [0.1, 0.15) is 17.2 Å². The molecule has 35 heavy (non-hydrogen) atoms. The van der Waals surface area contributed by atoms with Gasteiger partial charge in [0.05, 0.1) is 27.7 Å². The number of benzene rings is 2. The van der Waals surface area contributed by atoms with Gasteiger partial charge in [0, 0.05) is 31.5 Å². The highest BCUT2D eigenvalue weighted by Gasteiger charge is 2.31. The number of carboxylic acids is 1. The third kappa shape index (κ3) is 4.67. The lowest BCUT2D eigenvalue weighted by Crippen LogP contribution is -2.31. The number of pyridine rings is 1.